The molecule has 0 unspecified atom stereocenters. The highest BCUT2D eigenvalue weighted by atomic mass is 32.1. The average Bonchev–Trinajstić information content (AvgIpc) is 3.02. The van der Waals surface area contributed by atoms with Gasteiger partial charge in [-0.3, -0.25) is 10.1 Å². The number of anilines is 1. The fourth-order valence-electron chi connectivity index (χ4n) is 2.08. The van der Waals surface area contributed by atoms with Gasteiger partial charge < -0.3 is 4.74 Å². The average molecular weight is 325 g/mol. The molecule has 6 heteroatoms. The van der Waals surface area contributed by atoms with E-state index in [0.717, 1.165) is 10.6 Å². The number of hydrogen-bond donors (Lipinski definition) is 1. The molecule has 1 N–H and O–H groups in total. The quantitative estimate of drug-likeness (QED) is 0.781. The van der Waals surface area contributed by atoms with E-state index in [1.807, 2.05) is 30.3 Å². The van der Waals surface area contributed by atoms with Gasteiger partial charge in [0.25, 0.3) is 5.91 Å². The third-order valence-corrected chi connectivity index (χ3v) is 4.06. The molecular weight excluding hydrogens is 310 g/mol. The van der Waals surface area contributed by atoms with Crippen LogP contribution in [0, 0.1) is 0 Å². The molecule has 3 rings (SSSR count). The lowest BCUT2D eigenvalue weighted by Crippen LogP contribution is -2.11. The van der Waals surface area contributed by atoms with E-state index in [1.54, 1.807) is 31.4 Å². The zero-order chi connectivity index (χ0) is 16.1. The van der Waals surface area contributed by atoms with Crippen LogP contribution in [0.25, 0.3) is 0 Å². The highest BCUT2D eigenvalue weighted by Crippen LogP contribution is 2.20. The van der Waals surface area contributed by atoms with Gasteiger partial charge in [0.2, 0.25) is 5.13 Å². The van der Waals surface area contributed by atoms with Crippen molar-refractivity contribution < 1.29 is 9.53 Å². The largest absolute Gasteiger partial charge is 0.497 e. The molecule has 1 amide bonds. The molecule has 2 aromatic carbocycles. The fourth-order valence-corrected chi connectivity index (χ4v) is 2.85. The molecule has 0 spiro atoms. The van der Waals surface area contributed by atoms with E-state index in [2.05, 4.69) is 15.5 Å². The van der Waals surface area contributed by atoms with Crippen molar-refractivity contribution in [3.63, 3.8) is 0 Å². The van der Waals surface area contributed by atoms with Gasteiger partial charge in [0.15, 0.2) is 0 Å². The maximum absolute atomic E-state index is 12.2. The van der Waals surface area contributed by atoms with Crippen molar-refractivity contribution >= 4 is 22.4 Å². The third kappa shape index (κ3) is 3.92. The van der Waals surface area contributed by atoms with Crippen LogP contribution in [0.2, 0.25) is 0 Å². The molecule has 0 aliphatic carbocycles. The van der Waals surface area contributed by atoms with Crippen LogP contribution in [0.15, 0.2) is 54.6 Å². The Bertz CT molecular complexity index is 802. The number of benzene rings is 2. The zero-order valence-electron chi connectivity index (χ0n) is 12.5. The van der Waals surface area contributed by atoms with Gasteiger partial charge in [-0.1, -0.05) is 47.7 Å². The standard InChI is InChI=1S/C17H15N3O2S/c1-22-14-9-5-8-13(11-14)16(21)18-17-20-19-15(23-17)10-12-6-3-2-4-7-12/h2-9,11H,10H2,1H3,(H,18,20,21). The highest BCUT2D eigenvalue weighted by molar-refractivity contribution is 7.15. The van der Waals surface area contributed by atoms with Crippen LogP contribution < -0.4 is 10.1 Å². The van der Waals surface area contributed by atoms with E-state index < -0.39 is 0 Å². The topological polar surface area (TPSA) is 64.1 Å². The summed E-state index contributed by atoms with van der Waals surface area (Å²) in [7, 11) is 1.57. The van der Waals surface area contributed by atoms with E-state index >= 15 is 0 Å². The van der Waals surface area contributed by atoms with Gasteiger partial charge >= 0.3 is 0 Å². The number of ether oxygens (including phenoxy) is 1. The Labute approximate surface area is 138 Å². The van der Waals surface area contributed by atoms with Crippen molar-refractivity contribution in [1.29, 1.82) is 0 Å². The lowest BCUT2D eigenvalue weighted by Gasteiger charge is -2.03. The summed E-state index contributed by atoms with van der Waals surface area (Å²) in [4.78, 5) is 12.2. The van der Waals surface area contributed by atoms with Gasteiger partial charge in [-0.05, 0) is 23.8 Å². The first-order chi connectivity index (χ1) is 11.2. The number of carbonyl (C=O) groups is 1. The van der Waals surface area contributed by atoms with Crippen molar-refractivity contribution in [3.8, 4) is 5.75 Å². The first-order valence-electron chi connectivity index (χ1n) is 7.06. The molecule has 0 radical (unpaired) electrons. The monoisotopic (exact) mass is 325 g/mol. The molecule has 0 saturated carbocycles. The number of hydrogen-bond acceptors (Lipinski definition) is 5. The van der Waals surface area contributed by atoms with Crippen molar-refractivity contribution in [2.75, 3.05) is 12.4 Å². The number of methoxy groups -OCH3 is 1. The minimum atomic E-state index is -0.230. The SMILES string of the molecule is COc1cccc(C(=O)Nc2nnc(Cc3ccccc3)s2)c1. The summed E-state index contributed by atoms with van der Waals surface area (Å²) < 4.78 is 5.12. The lowest BCUT2D eigenvalue weighted by atomic mass is 10.2. The summed E-state index contributed by atoms with van der Waals surface area (Å²) in [6.07, 6.45) is 0.702. The summed E-state index contributed by atoms with van der Waals surface area (Å²) >= 11 is 1.38. The maximum Gasteiger partial charge on any atom is 0.257 e. The van der Waals surface area contributed by atoms with Crippen molar-refractivity contribution in [1.82, 2.24) is 10.2 Å². The predicted molar refractivity (Wildman–Crippen MR) is 90.1 cm³/mol. The third-order valence-electron chi connectivity index (χ3n) is 3.22. The van der Waals surface area contributed by atoms with Crippen molar-refractivity contribution in [2.24, 2.45) is 0 Å². The summed E-state index contributed by atoms with van der Waals surface area (Å²) in [5.74, 6) is 0.408. The fraction of sp³-hybridized carbons (Fsp3) is 0.118. The normalized spacial score (nSPS) is 10.3. The molecule has 116 valence electrons. The van der Waals surface area contributed by atoms with Crippen LogP contribution in [0.4, 0.5) is 5.13 Å². The first-order valence-corrected chi connectivity index (χ1v) is 7.88. The van der Waals surface area contributed by atoms with E-state index in [4.69, 9.17) is 4.74 Å². The van der Waals surface area contributed by atoms with E-state index in [9.17, 15) is 4.79 Å². The van der Waals surface area contributed by atoms with Gasteiger partial charge in [-0.25, -0.2) is 0 Å². The van der Waals surface area contributed by atoms with Crippen LogP contribution in [0.1, 0.15) is 20.9 Å². The molecule has 0 aliphatic rings. The summed E-state index contributed by atoms with van der Waals surface area (Å²) in [6.45, 7) is 0. The van der Waals surface area contributed by atoms with Crippen LogP contribution >= 0.6 is 11.3 Å². The zero-order valence-corrected chi connectivity index (χ0v) is 13.3. The Hall–Kier alpha value is -2.73. The maximum atomic E-state index is 12.2. The molecular formula is C17H15N3O2S. The second-order valence-electron chi connectivity index (χ2n) is 4.85. The number of rotatable bonds is 5. The molecule has 0 saturated heterocycles. The van der Waals surface area contributed by atoms with Crippen LogP contribution in [-0.4, -0.2) is 23.2 Å². The second kappa shape index (κ2) is 7.02. The molecule has 5 nitrogen and oxygen atoms in total. The molecule has 0 aliphatic heterocycles. The van der Waals surface area contributed by atoms with E-state index in [0.29, 0.717) is 22.9 Å². The van der Waals surface area contributed by atoms with Gasteiger partial charge in [0.05, 0.1) is 7.11 Å². The number of nitrogens with one attached hydrogen (secondary N) is 1. The van der Waals surface area contributed by atoms with Crippen molar-refractivity contribution in [3.05, 3.63) is 70.7 Å². The molecule has 0 atom stereocenters. The van der Waals surface area contributed by atoms with Crippen molar-refractivity contribution in [2.45, 2.75) is 6.42 Å². The molecule has 0 fully saturated rings. The lowest BCUT2D eigenvalue weighted by molar-refractivity contribution is 0.102. The molecule has 1 heterocycles. The second-order valence-corrected chi connectivity index (χ2v) is 5.91. The Morgan fingerprint density at radius 3 is 2.74 bits per heavy atom. The van der Waals surface area contributed by atoms with E-state index in [1.165, 1.54) is 11.3 Å². The smallest absolute Gasteiger partial charge is 0.257 e. The molecule has 0 bridgehead atoms. The van der Waals surface area contributed by atoms with Crippen LogP contribution in [0.5, 0.6) is 5.75 Å². The van der Waals surface area contributed by atoms with Gasteiger partial charge in [-0.2, -0.15) is 0 Å². The van der Waals surface area contributed by atoms with Crippen LogP contribution in [0.3, 0.4) is 0 Å². The Kier molecular flexibility index (Phi) is 4.63. The number of carbonyl (C=O) groups excluding carboxylic acids is 1. The molecule has 1 aromatic heterocycles. The number of aromatic nitrogens is 2. The Morgan fingerprint density at radius 1 is 1.13 bits per heavy atom. The Morgan fingerprint density at radius 2 is 1.96 bits per heavy atom. The van der Waals surface area contributed by atoms with Gasteiger partial charge in [0, 0.05) is 12.0 Å². The van der Waals surface area contributed by atoms with Crippen LogP contribution in [-0.2, 0) is 6.42 Å². The highest BCUT2D eigenvalue weighted by Gasteiger charge is 2.11. The number of nitrogens with zero attached hydrogens (tertiary/aromatic N) is 2. The minimum Gasteiger partial charge on any atom is -0.497 e. The Balaban J connectivity index is 1.67. The van der Waals surface area contributed by atoms with Gasteiger partial charge in [0.1, 0.15) is 10.8 Å². The van der Waals surface area contributed by atoms with E-state index in [-0.39, 0.29) is 5.91 Å². The number of amides is 1. The molecule has 3 aromatic rings. The summed E-state index contributed by atoms with van der Waals surface area (Å²) in [6, 6.07) is 17.0. The molecule has 23 heavy (non-hydrogen) atoms. The summed E-state index contributed by atoms with van der Waals surface area (Å²) in [5.41, 5.74) is 1.68. The predicted octanol–water partition coefficient (Wildman–Crippen LogP) is 3.39. The first kappa shape index (κ1) is 15.2. The summed E-state index contributed by atoms with van der Waals surface area (Å²) in [5, 5.41) is 12.3. The van der Waals surface area contributed by atoms with Gasteiger partial charge in [-0.15, -0.1) is 10.2 Å². The minimum absolute atomic E-state index is 0.230.